The van der Waals surface area contributed by atoms with Crippen LogP contribution in [0.1, 0.15) is 18.9 Å². The van der Waals surface area contributed by atoms with Gasteiger partial charge in [0.2, 0.25) is 5.91 Å². The summed E-state index contributed by atoms with van der Waals surface area (Å²) < 4.78 is 10.2. The van der Waals surface area contributed by atoms with Gasteiger partial charge in [0, 0.05) is 13.1 Å². The van der Waals surface area contributed by atoms with Crippen molar-refractivity contribution < 1.29 is 23.9 Å². The van der Waals surface area contributed by atoms with Crippen LogP contribution in [-0.4, -0.2) is 48.6 Å². The van der Waals surface area contributed by atoms with Gasteiger partial charge in [0.15, 0.2) is 0 Å². The molecule has 0 radical (unpaired) electrons. The van der Waals surface area contributed by atoms with Gasteiger partial charge in [-0.05, 0) is 24.8 Å². The minimum atomic E-state index is -0.590. The molecule has 2 aliphatic heterocycles. The van der Waals surface area contributed by atoms with Crippen LogP contribution < -0.4 is 5.32 Å². The summed E-state index contributed by atoms with van der Waals surface area (Å²) in [5.41, 5.74) is 0.905. The fraction of sp³-hybridized carbons (Fsp3) is 0.500. The largest absolute Gasteiger partial charge is 0.459 e. The molecule has 2 heterocycles. The quantitative estimate of drug-likeness (QED) is 0.620. The highest BCUT2D eigenvalue weighted by molar-refractivity contribution is 5.97. The molecule has 134 valence electrons. The van der Waals surface area contributed by atoms with Gasteiger partial charge < -0.3 is 19.7 Å². The predicted octanol–water partition coefficient (Wildman–Crippen LogP) is 1.32. The first-order valence-corrected chi connectivity index (χ1v) is 8.51. The number of ether oxygens (including phenoxy) is 2. The lowest BCUT2D eigenvalue weighted by atomic mass is 9.80. The molecular weight excluding hydrogens is 324 g/mol. The highest BCUT2D eigenvalue weighted by atomic mass is 16.6. The van der Waals surface area contributed by atoms with E-state index >= 15 is 0 Å². The van der Waals surface area contributed by atoms with Gasteiger partial charge in [-0.15, -0.1) is 0 Å². The molecule has 25 heavy (non-hydrogen) atoms. The molecule has 2 aliphatic rings. The maximum absolute atomic E-state index is 12.2. The number of esters is 1. The summed E-state index contributed by atoms with van der Waals surface area (Å²) >= 11 is 0. The number of carbonyl (C=O) groups excluding carboxylic acids is 3. The molecule has 1 N–H and O–H groups in total. The second-order valence-corrected chi connectivity index (χ2v) is 6.39. The Morgan fingerprint density at radius 3 is 2.56 bits per heavy atom. The highest BCUT2D eigenvalue weighted by Gasteiger charge is 2.47. The molecule has 2 unspecified atom stereocenters. The summed E-state index contributed by atoms with van der Waals surface area (Å²) in [7, 11) is 0. The minimum absolute atomic E-state index is 0.128. The summed E-state index contributed by atoms with van der Waals surface area (Å²) in [5, 5.41) is 2.62. The zero-order chi connectivity index (χ0) is 17.8. The second kappa shape index (κ2) is 7.55. The third kappa shape index (κ3) is 3.92. The monoisotopic (exact) mass is 346 g/mol. The summed E-state index contributed by atoms with van der Waals surface area (Å²) in [6, 6.07) is 8.82. The summed E-state index contributed by atoms with van der Waals surface area (Å²) in [6.45, 7) is 3.43. The van der Waals surface area contributed by atoms with Crippen molar-refractivity contribution in [2.75, 3.05) is 19.7 Å². The second-order valence-electron chi connectivity index (χ2n) is 6.39. The van der Waals surface area contributed by atoms with Crippen LogP contribution in [0, 0.1) is 11.8 Å². The van der Waals surface area contributed by atoms with Crippen LogP contribution in [0.3, 0.4) is 0 Å². The minimum Gasteiger partial charge on any atom is -0.459 e. The Balaban J connectivity index is 1.44. The van der Waals surface area contributed by atoms with Gasteiger partial charge in [-0.2, -0.15) is 0 Å². The third-order valence-corrected chi connectivity index (χ3v) is 4.59. The maximum Gasteiger partial charge on any atom is 0.409 e. The summed E-state index contributed by atoms with van der Waals surface area (Å²) in [4.78, 5) is 37.1. The fourth-order valence-corrected chi connectivity index (χ4v) is 3.14. The Kier molecular flexibility index (Phi) is 5.21. The molecule has 7 heteroatoms. The molecule has 0 aliphatic carbocycles. The number of nitrogens with zero attached hydrogens (tertiary/aromatic N) is 1. The van der Waals surface area contributed by atoms with Gasteiger partial charge >= 0.3 is 12.1 Å². The standard InChI is InChI=1S/C18H22N2O5/c1-2-24-18(23)20-9-13(10-20)8-14-15(19-16(14)21)17(22)25-11-12-6-4-3-5-7-12/h3-7,13-15H,2,8-11H2,1H3,(H,19,21). The topological polar surface area (TPSA) is 84.9 Å². The number of β-lactam (4-membered cyclic amide) rings is 1. The van der Waals surface area contributed by atoms with Gasteiger partial charge in [0.25, 0.3) is 0 Å². The van der Waals surface area contributed by atoms with Crippen LogP contribution in [0.2, 0.25) is 0 Å². The first-order valence-electron chi connectivity index (χ1n) is 8.51. The van der Waals surface area contributed by atoms with E-state index in [1.54, 1.807) is 11.8 Å². The molecule has 0 saturated carbocycles. The van der Waals surface area contributed by atoms with Gasteiger partial charge in [0.05, 0.1) is 12.5 Å². The predicted molar refractivity (Wildman–Crippen MR) is 88.4 cm³/mol. The summed E-state index contributed by atoms with van der Waals surface area (Å²) in [6.07, 6.45) is 0.253. The fourth-order valence-electron chi connectivity index (χ4n) is 3.14. The molecule has 3 rings (SSSR count). The molecule has 0 bridgehead atoms. The Hall–Kier alpha value is -2.57. The van der Waals surface area contributed by atoms with Crippen LogP contribution in [0.4, 0.5) is 4.79 Å². The van der Waals surface area contributed by atoms with Gasteiger partial charge in [-0.25, -0.2) is 9.59 Å². The van der Waals surface area contributed by atoms with Crippen LogP contribution in [0.25, 0.3) is 0 Å². The van der Waals surface area contributed by atoms with Gasteiger partial charge in [-0.3, -0.25) is 4.79 Å². The third-order valence-electron chi connectivity index (χ3n) is 4.59. The van der Waals surface area contributed by atoms with E-state index in [1.807, 2.05) is 30.3 Å². The van der Waals surface area contributed by atoms with Gasteiger partial charge in [0.1, 0.15) is 12.6 Å². The lowest BCUT2D eigenvalue weighted by Crippen LogP contribution is -2.64. The summed E-state index contributed by atoms with van der Waals surface area (Å²) in [5.74, 6) is -0.700. The molecule has 2 saturated heterocycles. The smallest absolute Gasteiger partial charge is 0.409 e. The van der Waals surface area contributed by atoms with Crippen molar-refractivity contribution in [2.24, 2.45) is 11.8 Å². The maximum atomic E-state index is 12.2. The van der Waals surface area contributed by atoms with E-state index in [0.29, 0.717) is 26.1 Å². The van der Waals surface area contributed by atoms with Crippen molar-refractivity contribution >= 4 is 18.0 Å². The van der Waals surface area contributed by atoms with Crippen molar-refractivity contribution in [1.29, 1.82) is 0 Å². The van der Waals surface area contributed by atoms with Crippen molar-refractivity contribution in [3.8, 4) is 0 Å². The number of amides is 2. The first-order chi connectivity index (χ1) is 12.1. The van der Waals surface area contributed by atoms with Crippen LogP contribution in [-0.2, 0) is 25.7 Å². The molecule has 2 fully saturated rings. The average molecular weight is 346 g/mol. The van der Waals surface area contributed by atoms with E-state index in [9.17, 15) is 14.4 Å². The lowest BCUT2D eigenvalue weighted by Gasteiger charge is -2.43. The number of likely N-dealkylation sites (tertiary alicyclic amines) is 1. The number of hydrogen-bond donors (Lipinski definition) is 1. The zero-order valence-electron chi connectivity index (χ0n) is 14.1. The Morgan fingerprint density at radius 1 is 1.20 bits per heavy atom. The number of carbonyl (C=O) groups is 3. The SMILES string of the molecule is CCOC(=O)N1CC(CC2C(=O)NC2C(=O)OCc2ccccc2)C1. The highest BCUT2D eigenvalue weighted by Crippen LogP contribution is 2.30. The van der Waals surface area contributed by atoms with Crippen molar-refractivity contribution in [3.05, 3.63) is 35.9 Å². The first kappa shape index (κ1) is 17.3. The van der Waals surface area contributed by atoms with Crippen molar-refractivity contribution in [1.82, 2.24) is 10.2 Å². The van der Waals surface area contributed by atoms with E-state index in [0.717, 1.165) is 5.56 Å². The molecular formula is C18H22N2O5. The van der Waals surface area contributed by atoms with Crippen LogP contribution in [0.15, 0.2) is 30.3 Å². The molecule has 0 spiro atoms. The van der Waals surface area contributed by atoms with Gasteiger partial charge in [-0.1, -0.05) is 30.3 Å². The molecule has 7 nitrogen and oxygen atoms in total. The van der Waals surface area contributed by atoms with E-state index in [2.05, 4.69) is 5.32 Å². The number of hydrogen-bond acceptors (Lipinski definition) is 5. The molecule has 0 aromatic heterocycles. The number of nitrogens with one attached hydrogen (secondary N) is 1. The normalized spacial score (nSPS) is 22.4. The Morgan fingerprint density at radius 2 is 1.92 bits per heavy atom. The van der Waals surface area contributed by atoms with Crippen molar-refractivity contribution in [2.45, 2.75) is 26.0 Å². The van der Waals surface area contributed by atoms with E-state index in [4.69, 9.17) is 9.47 Å². The number of benzene rings is 1. The average Bonchev–Trinajstić information content (AvgIpc) is 2.57. The van der Waals surface area contributed by atoms with E-state index in [1.165, 1.54) is 0 Å². The van der Waals surface area contributed by atoms with E-state index < -0.39 is 12.0 Å². The Bertz CT molecular complexity index is 642. The molecule has 2 atom stereocenters. The molecule has 1 aromatic rings. The lowest BCUT2D eigenvalue weighted by molar-refractivity contribution is -0.160. The Labute approximate surface area is 146 Å². The van der Waals surface area contributed by atoms with Crippen LogP contribution in [0.5, 0.6) is 0 Å². The van der Waals surface area contributed by atoms with Crippen LogP contribution >= 0.6 is 0 Å². The molecule has 2 amide bonds. The van der Waals surface area contributed by atoms with Crippen molar-refractivity contribution in [3.63, 3.8) is 0 Å². The number of rotatable bonds is 6. The zero-order valence-corrected chi connectivity index (χ0v) is 14.1. The molecule has 1 aromatic carbocycles. The van der Waals surface area contributed by atoms with E-state index in [-0.39, 0.29) is 30.4 Å².